The molecule has 1 atom stereocenters. The molecule has 3 nitrogen and oxygen atoms in total. The molecule has 1 rings (SSSR count). The van der Waals surface area contributed by atoms with Crippen LogP contribution >= 0.6 is 0 Å². The van der Waals surface area contributed by atoms with Gasteiger partial charge in [-0.25, -0.2) is 8.42 Å². The van der Waals surface area contributed by atoms with Crippen molar-refractivity contribution in [3.8, 4) is 0 Å². The van der Waals surface area contributed by atoms with Crippen molar-refractivity contribution < 1.29 is 8.42 Å². The summed E-state index contributed by atoms with van der Waals surface area (Å²) in [7, 11) is -2.87. The van der Waals surface area contributed by atoms with E-state index < -0.39 is 9.84 Å². The summed E-state index contributed by atoms with van der Waals surface area (Å²) < 4.78 is 23.1. The number of sulfone groups is 1. The summed E-state index contributed by atoms with van der Waals surface area (Å²) in [6, 6.07) is 0.487. The van der Waals surface area contributed by atoms with Crippen LogP contribution in [0.15, 0.2) is 0 Å². The van der Waals surface area contributed by atoms with E-state index in [2.05, 4.69) is 32.6 Å². The van der Waals surface area contributed by atoms with E-state index in [-0.39, 0.29) is 10.8 Å². The molecule has 15 heavy (non-hydrogen) atoms. The third-order valence-corrected chi connectivity index (χ3v) is 5.04. The first-order chi connectivity index (χ1) is 6.64. The first-order valence-corrected chi connectivity index (χ1v) is 7.55. The number of likely N-dealkylation sites (tertiary alicyclic amines) is 1. The number of piperidine rings is 1. The molecular formula is C11H23NO2S. The third kappa shape index (κ3) is 2.94. The molecule has 0 aromatic heterocycles. The van der Waals surface area contributed by atoms with Crippen molar-refractivity contribution in [1.82, 2.24) is 4.90 Å². The second-order valence-corrected chi connectivity index (χ2v) is 7.87. The minimum absolute atomic E-state index is 0.000162. The van der Waals surface area contributed by atoms with Crippen molar-refractivity contribution in [2.24, 2.45) is 0 Å². The van der Waals surface area contributed by atoms with E-state index in [9.17, 15) is 8.42 Å². The Bertz CT molecular complexity index is 319. The average molecular weight is 233 g/mol. The van der Waals surface area contributed by atoms with Crippen molar-refractivity contribution in [3.63, 3.8) is 0 Å². The second kappa shape index (κ2) is 4.06. The highest BCUT2D eigenvalue weighted by Crippen LogP contribution is 2.32. The van der Waals surface area contributed by atoms with Gasteiger partial charge in [0.25, 0.3) is 0 Å². The largest absolute Gasteiger partial charge is 0.296 e. The van der Waals surface area contributed by atoms with E-state index in [1.807, 2.05) is 0 Å². The van der Waals surface area contributed by atoms with Gasteiger partial charge in [0.1, 0.15) is 9.84 Å². The van der Waals surface area contributed by atoms with Gasteiger partial charge in [-0.1, -0.05) is 0 Å². The van der Waals surface area contributed by atoms with Gasteiger partial charge >= 0.3 is 0 Å². The normalized spacial score (nSPS) is 28.3. The Morgan fingerprint density at radius 2 is 1.87 bits per heavy atom. The Kier molecular flexibility index (Phi) is 3.51. The summed E-state index contributed by atoms with van der Waals surface area (Å²) in [6.45, 7) is 9.52. The van der Waals surface area contributed by atoms with Crippen molar-refractivity contribution in [3.05, 3.63) is 0 Å². The van der Waals surface area contributed by atoms with Gasteiger partial charge < -0.3 is 0 Å². The predicted molar refractivity (Wildman–Crippen MR) is 63.8 cm³/mol. The Hall–Kier alpha value is -0.0900. The summed E-state index contributed by atoms with van der Waals surface area (Å²) in [5.41, 5.74) is 0.000162. The molecule has 90 valence electrons. The molecule has 0 saturated carbocycles. The van der Waals surface area contributed by atoms with Gasteiger partial charge in [0.2, 0.25) is 0 Å². The highest BCUT2D eigenvalue weighted by Gasteiger charge is 2.39. The molecule has 0 aliphatic carbocycles. The summed E-state index contributed by atoms with van der Waals surface area (Å²) >= 11 is 0. The van der Waals surface area contributed by atoms with E-state index in [0.29, 0.717) is 6.04 Å². The fraction of sp³-hybridized carbons (Fsp3) is 1.00. The van der Waals surface area contributed by atoms with E-state index >= 15 is 0 Å². The molecule has 0 amide bonds. The summed E-state index contributed by atoms with van der Waals surface area (Å²) in [5.74, 6) is 0. The first-order valence-electron chi connectivity index (χ1n) is 5.60. The van der Waals surface area contributed by atoms with Crippen LogP contribution in [0.2, 0.25) is 0 Å². The van der Waals surface area contributed by atoms with Crippen molar-refractivity contribution >= 4 is 9.84 Å². The minimum Gasteiger partial charge on any atom is -0.296 e. The quantitative estimate of drug-likeness (QED) is 0.728. The Morgan fingerprint density at radius 3 is 2.20 bits per heavy atom. The molecule has 1 fully saturated rings. The van der Waals surface area contributed by atoms with E-state index in [1.54, 1.807) is 0 Å². The SMILES string of the molecule is CC(C)N1CCC(S(C)(=O)=O)CC1(C)C. The van der Waals surface area contributed by atoms with Gasteiger partial charge in [-0.15, -0.1) is 0 Å². The highest BCUT2D eigenvalue weighted by molar-refractivity contribution is 7.91. The van der Waals surface area contributed by atoms with Crippen molar-refractivity contribution in [2.75, 3.05) is 12.8 Å². The van der Waals surface area contributed by atoms with Gasteiger partial charge in [-0.3, -0.25) is 4.90 Å². The standard InChI is InChI=1S/C11H23NO2S/c1-9(2)12-7-6-10(15(5,13)14)8-11(12,3)4/h9-10H,6-8H2,1-5H3. The zero-order valence-corrected chi connectivity index (χ0v) is 11.3. The number of rotatable bonds is 2. The van der Waals surface area contributed by atoms with Crippen LogP contribution in [0, 0.1) is 0 Å². The first kappa shape index (κ1) is 13.0. The average Bonchev–Trinajstić information content (AvgIpc) is 1.99. The monoisotopic (exact) mass is 233 g/mol. The van der Waals surface area contributed by atoms with E-state index in [1.165, 1.54) is 6.26 Å². The molecule has 4 heteroatoms. The molecule has 0 spiro atoms. The molecule has 0 aromatic rings. The second-order valence-electron chi connectivity index (χ2n) is 5.54. The lowest BCUT2D eigenvalue weighted by atomic mass is 9.89. The Morgan fingerprint density at radius 1 is 1.33 bits per heavy atom. The van der Waals surface area contributed by atoms with Gasteiger partial charge in [0, 0.05) is 24.4 Å². The van der Waals surface area contributed by atoms with Crippen LogP contribution in [0.25, 0.3) is 0 Å². The molecule has 1 unspecified atom stereocenters. The Balaban J connectivity index is 2.82. The molecule has 0 N–H and O–H groups in total. The number of hydrogen-bond donors (Lipinski definition) is 0. The molecule has 1 aliphatic rings. The maximum absolute atomic E-state index is 11.5. The van der Waals surface area contributed by atoms with Gasteiger partial charge in [0.15, 0.2) is 0 Å². The maximum atomic E-state index is 11.5. The van der Waals surface area contributed by atoms with E-state index in [0.717, 1.165) is 19.4 Å². The molecule has 0 aromatic carbocycles. The van der Waals surface area contributed by atoms with Crippen LogP contribution < -0.4 is 0 Å². The van der Waals surface area contributed by atoms with Gasteiger partial charge in [-0.2, -0.15) is 0 Å². The van der Waals surface area contributed by atoms with Crippen LogP contribution in [-0.2, 0) is 9.84 Å². The lowest BCUT2D eigenvalue weighted by Gasteiger charge is -2.47. The van der Waals surface area contributed by atoms with Crippen LogP contribution in [-0.4, -0.2) is 42.9 Å². The van der Waals surface area contributed by atoms with Crippen molar-refractivity contribution in [1.29, 1.82) is 0 Å². The van der Waals surface area contributed by atoms with Crippen LogP contribution in [0.1, 0.15) is 40.5 Å². The fourth-order valence-electron chi connectivity index (χ4n) is 2.68. The van der Waals surface area contributed by atoms with Gasteiger partial charge in [0.05, 0.1) is 5.25 Å². The molecule has 1 heterocycles. The van der Waals surface area contributed by atoms with Crippen molar-refractivity contribution in [2.45, 2.75) is 57.4 Å². The topological polar surface area (TPSA) is 37.4 Å². The highest BCUT2D eigenvalue weighted by atomic mass is 32.2. The van der Waals surface area contributed by atoms with Gasteiger partial charge in [-0.05, 0) is 40.5 Å². The summed E-state index contributed by atoms with van der Waals surface area (Å²) in [5, 5.41) is -0.150. The summed E-state index contributed by atoms with van der Waals surface area (Å²) in [4.78, 5) is 2.40. The molecule has 1 saturated heterocycles. The Labute approximate surface area is 93.8 Å². The molecule has 1 aliphatic heterocycles. The molecule has 0 radical (unpaired) electrons. The minimum atomic E-state index is -2.87. The zero-order valence-electron chi connectivity index (χ0n) is 10.4. The fourth-order valence-corrected chi connectivity index (χ4v) is 3.93. The number of hydrogen-bond acceptors (Lipinski definition) is 3. The predicted octanol–water partition coefficient (Wildman–Crippen LogP) is 1.68. The third-order valence-electron chi connectivity index (χ3n) is 3.43. The lowest BCUT2D eigenvalue weighted by Crippen LogP contribution is -2.55. The summed E-state index contributed by atoms with van der Waals surface area (Å²) in [6.07, 6.45) is 2.89. The van der Waals surface area contributed by atoms with Crippen LogP contribution in [0.3, 0.4) is 0 Å². The number of nitrogens with zero attached hydrogens (tertiary/aromatic N) is 1. The smallest absolute Gasteiger partial charge is 0.150 e. The molecular weight excluding hydrogens is 210 g/mol. The van der Waals surface area contributed by atoms with Crippen LogP contribution in [0.5, 0.6) is 0 Å². The molecule has 0 bridgehead atoms. The maximum Gasteiger partial charge on any atom is 0.150 e. The zero-order chi connectivity index (χ0) is 11.9. The lowest BCUT2D eigenvalue weighted by molar-refractivity contribution is 0.0487. The van der Waals surface area contributed by atoms with E-state index in [4.69, 9.17) is 0 Å². The van der Waals surface area contributed by atoms with Crippen LogP contribution in [0.4, 0.5) is 0 Å².